The summed E-state index contributed by atoms with van der Waals surface area (Å²) in [5.74, 6) is 0.449. The zero-order valence-electron chi connectivity index (χ0n) is 22.0. The minimum atomic E-state index is -3.74. The fourth-order valence-corrected chi connectivity index (χ4v) is 7.35. The Morgan fingerprint density at radius 3 is 2.37 bits per heavy atom. The lowest BCUT2D eigenvalue weighted by atomic mass is 9.87. The fourth-order valence-electron chi connectivity index (χ4n) is 6.29. The van der Waals surface area contributed by atoms with E-state index in [1.807, 2.05) is 29.2 Å². The SMILES string of the molecule is CS(=O)(=O)c1c([C@H]2C[C@H]3CC[C@@H](C2)N3C(=O)c2nnc[nH]2)nc2c(-c3ccc(-c4ncccn4)cc3)cnn2c1N. The second-order valence-corrected chi connectivity index (χ2v) is 12.5. The Kier molecular flexibility index (Phi) is 5.81. The number of nitrogens with zero attached hydrogens (tertiary/aromatic N) is 8. The molecule has 2 saturated heterocycles. The molecule has 0 aliphatic carbocycles. The monoisotopic (exact) mass is 570 g/mol. The molecule has 6 heterocycles. The molecule has 14 heteroatoms. The van der Waals surface area contributed by atoms with Gasteiger partial charge in [0.15, 0.2) is 21.3 Å². The third kappa shape index (κ3) is 4.22. The first-order valence-electron chi connectivity index (χ1n) is 13.2. The molecule has 3 N–H and O–H groups in total. The Morgan fingerprint density at radius 2 is 1.73 bits per heavy atom. The van der Waals surface area contributed by atoms with Crippen molar-refractivity contribution in [2.45, 2.75) is 48.6 Å². The van der Waals surface area contributed by atoms with Crippen LogP contribution < -0.4 is 5.73 Å². The first-order valence-corrected chi connectivity index (χ1v) is 15.1. The summed E-state index contributed by atoms with van der Waals surface area (Å²) in [6, 6.07) is 9.32. The fraction of sp³-hybridized carbons (Fsp3) is 0.296. The molecule has 0 radical (unpaired) electrons. The Balaban J connectivity index is 1.29. The molecule has 7 rings (SSSR count). The Morgan fingerprint density at radius 1 is 1.05 bits per heavy atom. The number of fused-ring (bicyclic) bond motifs is 3. The van der Waals surface area contributed by atoms with Gasteiger partial charge in [-0.15, -0.1) is 10.2 Å². The quantitative estimate of drug-likeness (QED) is 0.319. The van der Waals surface area contributed by atoms with Gasteiger partial charge in [-0.3, -0.25) is 4.79 Å². The van der Waals surface area contributed by atoms with Crippen LogP contribution in [0.4, 0.5) is 5.82 Å². The Labute approximate surface area is 234 Å². The first-order chi connectivity index (χ1) is 19.8. The molecule has 13 nitrogen and oxygen atoms in total. The Bertz CT molecular complexity index is 1860. The van der Waals surface area contributed by atoms with E-state index in [2.05, 4.69) is 30.2 Å². The number of nitrogens with two attached hydrogens (primary N) is 1. The van der Waals surface area contributed by atoms with Crippen LogP contribution in [-0.4, -0.2) is 77.3 Å². The van der Waals surface area contributed by atoms with Crippen molar-refractivity contribution in [1.29, 1.82) is 0 Å². The van der Waals surface area contributed by atoms with Gasteiger partial charge in [-0.05, 0) is 37.3 Å². The van der Waals surface area contributed by atoms with Gasteiger partial charge in [0.05, 0.1) is 11.9 Å². The van der Waals surface area contributed by atoms with Crippen LogP contribution in [0.25, 0.3) is 28.2 Å². The van der Waals surface area contributed by atoms with Crippen molar-refractivity contribution in [3.05, 3.63) is 66.8 Å². The van der Waals surface area contributed by atoms with Crippen molar-refractivity contribution < 1.29 is 13.2 Å². The van der Waals surface area contributed by atoms with Gasteiger partial charge in [0.1, 0.15) is 17.0 Å². The van der Waals surface area contributed by atoms with Crippen molar-refractivity contribution in [3.8, 4) is 22.5 Å². The molecule has 41 heavy (non-hydrogen) atoms. The highest BCUT2D eigenvalue weighted by Crippen LogP contribution is 2.45. The molecule has 1 aromatic carbocycles. The van der Waals surface area contributed by atoms with E-state index in [4.69, 9.17) is 10.7 Å². The van der Waals surface area contributed by atoms with Crippen molar-refractivity contribution in [2.75, 3.05) is 12.0 Å². The lowest BCUT2D eigenvalue weighted by Crippen LogP contribution is -2.46. The number of anilines is 1. The molecule has 2 aliphatic heterocycles. The molecule has 4 aromatic heterocycles. The van der Waals surface area contributed by atoms with Crippen LogP contribution in [0.15, 0.2) is 60.1 Å². The summed E-state index contributed by atoms with van der Waals surface area (Å²) >= 11 is 0. The molecular weight excluding hydrogens is 544 g/mol. The minimum Gasteiger partial charge on any atom is -0.382 e. The van der Waals surface area contributed by atoms with E-state index in [1.54, 1.807) is 24.7 Å². The van der Waals surface area contributed by atoms with Crippen LogP contribution >= 0.6 is 0 Å². The Hall–Kier alpha value is -4.72. The van der Waals surface area contributed by atoms with Crippen LogP contribution in [0.5, 0.6) is 0 Å². The summed E-state index contributed by atoms with van der Waals surface area (Å²) in [6.07, 6.45) is 10.3. The highest BCUT2D eigenvalue weighted by molar-refractivity contribution is 7.91. The minimum absolute atomic E-state index is 0.00404. The molecule has 0 unspecified atom stereocenters. The zero-order chi connectivity index (χ0) is 28.3. The average Bonchev–Trinajstić information content (AvgIpc) is 3.71. The zero-order valence-corrected chi connectivity index (χ0v) is 22.9. The summed E-state index contributed by atoms with van der Waals surface area (Å²) < 4.78 is 27.5. The number of benzene rings is 1. The smallest absolute Gasteiger partial charge is 0.292 e. The standard InChI is InChI=1S/C27H26N10O3S/c1-41(39,40)22-21(17-11-18-7-8-19(12-17)36(18)27(38)25-31-14-32-35-25)34-26-20(13-33-37(26)23(22)28)15-3-5-16(6-4-15)24-29-9-2-10-30-24/h2-6,9-10,13-14,17-19H,7-8,11-12,28H2,1H3,(H,31,32,35)/t17-,18+,19-. The van der Waals surface area contributed by atoms with E-state index < -0.39 is 9.84 Å². The normalized spacial score (nSPS) is 20.5. The van der Waals surface area contributed by atoms with Crippen molar-refractivity contribution in [2.24, 2.45) is 0 Å². The van der Waals surface area contributed by atoms with Crippen molar-refractivity contribution >= 4 is 27.2 Å². The van der Waals surface area contributed by atoms with Crippen LogP contribution in [0.1, 0.15) is 47.9 Å². The summed E-state index contributed by atoms with van der Waals surface area (Å²) in [5, 5.41) is 12.0. The number of carbonyl (C=O) groups excluding carboxylic acids is 1. The van der Waals surface area contributed by atoms with Gasteiger partial charge >= 0.3 is 0 Å². The van der Waals surface area contributed by atoms with Gasteiger partial charge in [-0.25, -0.2) is 23.4 Å². The predicted octanol–water partition coefficient (Wildman–Crippen LogP) is 2.51. The number of amides is 1. The molecule has 2 fully saturated rings. The van der Waals surface area contributed by atoms with Gasteiger partial charge in [0.25, 0.3) is 5.91 Å². The van der Waals surface area contributed by atoms with E-state index in [1.165, 1.54) is 10.8 Å². The van der Waals surface area contributed by atoms with Crippen LogP contribution in [0.3, 0.4) is 0 Å². The third-order valence-corrected chi connectivity index (χ3v) is 9.19. The maximum atomic E-state index is 13.1. The van der Waals surface area contributed by atoms with E-state index in [0.29, 0.717) is 30.0 Å². The molecular formula is C27H26N10O3S. The molecule has 208 valence electrons. The summed E-state index contributed by atoms with van der Waals surface area (Å²) in [5.41, 5.74) is 9.84. The van der Waals surface area contributed by atoms with Gasteiger partial charge in [0, 0.05) is 47.8 Å². The van der Waals surface area contributed by atoms with Gasteiger partial charge < -0.3 is 15.6 Å². The molecule has 0 spiro atoms. The maximum absolute atomic E-state index is 13.1. The third-order valence-electron chi connectivity index (χ3n) is 8.03. The maximum Gasteiger partial charge on any atom is 0.292 e. The molecule has 5 aromatic rings. The number of piperidine rings is 1. The number of carbonyl (C=O) groups is 1. The number of H-pyrrole nitrogens is 1. The number of sulfone groups is 1. The molecule has 2 aliphatic rings. The molecule has 2 bridgehead atoms. The first kappa shape index (κ1) is 25.3. The number of hydrogen-bond donors (Lipinski definition) is 2. The van der Waals surface area contributed by atoms with E-state index in [-0.39, 0.29) is 40.4 Å². The van der Waals surface area contributed by atoms with E-state index >= 15 is 0 Å². The summed E-state index contributed by atoms with van der Waals surface area (Å²) in [7, 11) is -3.74. The summed E-state index contributed by atoms with van der Waals surface area (Å²) in [4.78, 5) is 31.3. The largest absolute Gasteiger partial charge is 0.382 e. The van der Waals surface area contributed by atoms with Crippen LogP contribution in [0.2, 0.25) is 0 Å². The van der Waals surface area contributed by atoms with Gasteiger partial charge in [-0.1, -0.05) is 24.3 Å². The number of aromatic nitrogens is 8. The highest BCUT2D eigenvalue weighted by atomic mass is 32.2. The topological polar surface area (TPSA) is 178 Å². The number of aromatic amines is 1. The lowest BCUT2D eigenvalue weighted by Gasteiger charge is -2.38. The average molecular weight is 571 g/mol. The molecule has 0 saturated carbocycles. The number of rotatable bonds is 5. The number of nitrogen functional groups attached to an aromatic ring is 1. The van der Waals surface area contributed by atoms with Crippen LogP contribution in [-0.2, 0) is 9.84 Å². The second kappa shape index (κ2) is 9.44. The number of hydrogen-bond acceptors (Lipinski definition) is 10. The predicted molar refractivity (Wildman–Crippen MR) is 148 cm³/mol. The van der Waals surface area contributed by atoms with E-state index in [0.717, 1.165) is 35.8 Å². The molecule has 3 atom stereocenters. The second-order valence-electron chi connectivity index (χ2n) is 10.5. The van der Waals surface area contributed by atoms with E-state index in [9.17, 15) is 13.2 Å². The highest BCUT2D eigenvalue weighted by Gasteiger charge is 2.46. The van der Waals surface area contributed by atoms with Gasteiger partial charge in [0.2, 0.25) is 5.82 Å². The van der Waals surface area contributed by atoms with Crippen molar-refractivity contribution in [3.63, 3.8) is 0 Å². The number of nitrogens with one attached hydrogen (secondary N) is 1. The van der Waals surface area contributed by atoms with Gasteiger partial charge in [-0.2, -0.15) is 9.61 Å². The molecule has 1 amide bonds. The lowest BCUT2D eigenvalue weighted by molar-refractivity contribution is 0.0556. The van der Waals surface area contributed by atoms with Crippen molar-refractivity contribution in [1.82, 2.24) is 44.6 Å². The van der Waals surface area contributed by atoms with Crippen LogP contribution in [0, 0.1) is 0 Å². The summed E-state index contributed by atoms with van der Waals surface area (Å²) in [6.45, 7) is 0.